The SMILES string of the molecule is Cc1cn(CC(=O)N[C@@H](CO)C(=O)NC2CCCCCCC2)c(=O)[nH]c1=O. The van der Waals surface area contributed by atoms with Crippen molar-refractivity contribution in [2.45, 2.75) is 70.5 Å². The highest BCUT2D eigenvalue weighted by Crippen LogP contribution is 2.17. The monoisotopic (exact) mass is 380 g/mol. The van der Waals surface area contributed by atoms with Crippen LogP contribution in [0.25, 0.3) is 0 Å². The molecule has 0 bridgehead atoms. The van der Waals surface area contributed by atoms with Crippen LogP contribution in [0, 0.1) is 6.92 Å². The van der Waals surface area contributed by atoms with Gasteiger partial charge in [0.15, 0.2) is 0 Å². The van der Waals surface area contributed by atoms with Crippen LogP contribution < -0.4 is 21.9 Å². The summed E-state index contributed by atoms with van der Waals surface area (Å²) in [6, 6.07) is -1.03. The highest BCUT2D eigenvalue weighted by Gasteiger charge is 2.23. The first-order valence-electron chi connectivity index (χ1n) is 9.41. The van der Waals surface area contributed by atoms with Gasteiger partial charge in [0.1, 0.15) is 12.6 Å². The maximum Gasteiger partial charge on any atom is 0.328 e. The van der Waals surface area contributed by atoms with E-state index in [1.165, 1.54) is 19.5 Å². The van der Waals surface area contributed by atoms with Crippen molar-refractivity contribution >= 4 is 11.8 Å². The molecular weight excluding hydrogens is 352 g/mol. The molecule has 1 aromatic heterocycles. The fraction of sp³-hybridized carbons (Fsp3) is 0.667. The van der Waals surface area contributed by atoms with E-state index in [1.54, 1.807) is 0 Å². The van der Waals surface area contributed by atoms with Crippen LogP contribution >= 0.6 is 0 Å². The van der Waals surface area contributed by atoms with Crippen LogP contribution in [0.15, 0.2) is 15.8 Å². The molecule has 0 aliphatic heterocycles. The van der Waals surface area contributed by atoms with Crippen LogP contribution in [-0.4, -0.2) is 45.2 Å². The van der Waals surface area contributed by atoms with E-state index in [4.69, 9.17) is 0 Å². The molecule has 150 valence electrons. The normalized spacial score (nSPS) is 16.8. The fourth-order valence-electron chi connectivity index (χ4n) is 3.23. The zero-order chi connectivity index (χ0) is 19.8. The molecule has 1 aliphatic carbocycles. The van der Waals surface area contributed by atoms with Crippen molar-refractivity contribution in [1.82, 2.24) is 20.2 Å². The van der Waals surface area contributed by atoms with Crippen LogP contribution in [0.1, 0.15) is 50.5 Å². The summed E-state index contributed by atoms with van der Waals surface area (Å²) in [4.78, 5) is 49.8. The molecule has 1 fully saturated rings. The Morgan fingerprint density at radius 3 is 2.48 bits per heavy atom. The first-order chi connectivity index (χ1) is 12.9. The zero-order valence-electron chi connectivity index (χ0n) is 15.6. The fourth-order valence-corrected chi connectivity index (χ4v) is 3.23. The molecule has 1 aromatic rings. The van der Waals surface area contributed by atoms with Gasteiger partial charge < -0.3 is 15.7 Å². The van der Waals surface area contributed by atoms with E-state index in [1.807, 2.05) is 0 Å². The molecule has 2 amide bonds. The Bertz CT molecular complexity index is 762. The van der Waals surface area contributed by atoms with Crippen molar-refractivity contribution in [2.75, 3.05) is 6.61 Å². The average molecular weight is 380 g/mol. The smallest absolute Gasteiger partial charge is 0.328 e. The molecule has 1 aliphatic rings. The van der Waals surface area contributed by atoms with Gasteiger partial charge in [-0.3, -0.25) is 23.9 Å². The average Bonchev–Trinajstić information content (AvgIpc) is 2.59. The number of carbonyl (C=O) groups excluding carboxylic acids is 2. The summed E-state index contributed by atoms with van der Waals surface area (Å²) in [5, 5.41) is 14.8. The van der Waals surface area contributed by atoms with Gasteiger partial charge in [-0.15, -0.1) is 0 Å². The minimum atomic E-state index is -1.08. The molecular formula is C18H28N4O5. The number of carbonyl (C=O) groups is 2. The molecule has 0 radical (unpaired) electrons. The number of nitrogens with zero attached hydrogens (tertiary/aromatic N) is 1. The van der Waals surface area contributed by atoms with Crippen LogP contribution in [-0.2, 0) is 16.1 Å². The lowest BCUT2D eigenvalue weighted by atomic mass is 9.96. The molecule has 0 unspecified atom stereocenters. The molecule has 1 saturated carbocycles. The predicted molar refractivity (Wildman–Crippen MR) is 99.3 cm³/mol. The van der Waals surface area contributed by atoms with E-state index in [2.05, 4.69) is 15.6 Å². The second-order valence-corrected chi connectivity index (χ2v) is 7.05. The van der Waals surface area contributed by atoms with Crippen LogP contribution in [0.2, 0.25) is 0 Å². The summed E-state index contributed by atoms with van der Waals surface area (Å²) in [5.41, 5.74) is -0.924. The lowest BCUT2D eigenvalue weighted by Gasteiger charge is -2.24. The lowest BCUT2D eigenvalue weighted by molar-refractivity contribution is -0.130. The lowest BCUT2D eigenvalue weighted by Crippen LogP contribution is -2.52. The standard InChI is InChI=1S/C18H28N4O5/c1-12-9-22(18(27)21-16(12)25)10-15(24)20-14(11-23)17(26)19-13-7-5-3-2-4-6-8-13/h9,13-14,23H,2-8,10-11H2,1H3,(H,19,26)(H,20,24)(H,21,25,27)/t14-/m0/s1. The molecule has 4 N–H and O–H groups in total. The number of hydrogen-bond acceptors (Lipinski definition) is 5. The zero-order valence-corrected chi connectivity index (χ0v) is 15.6. The maximum atomic E-state index is 12.4. The summed E-state index contributed by atoms with van der Waals surface area (Å²) in [6.07, 6.45) is 8.70. The minimum Gasteiger partial charge on any atom is -0.394 e. The first kappa shape index (κ1) is 20.9. The molecule has 0 aromatic carbocycles. The quantitative estimate of drug-likeness (QED) is 0.531. The van der Waals surface area contributed by atoms with Gasteiger partial charge in [-0.25, -0.2) is 4.79 Å². The number of H-pyrrole nitrogens is 1. The molecule has 27 heavy (non-hydrogen) atoms. The molecule has 2 rings (SSSR count). The van der Waals surface area contributed by atoms with E-state index < -0.39 is 35.7 Å². The molecule has 1 heterocycles. The van der Waals surface area contributed by atoms with Crippen LogP contribution in [0.3, 0.4) is 0 Å². The Kier molecular flexibility index (Phi) is 7.78. The predicted octanol–water partition coefficient (Wildman–Crippen LogP) is -0.449. The van der Waals surface area contributed by atoms with Gasteiger partial charge in [-0.05, 0) is 19.8 Å². The topological polar surface area (TPSA) is 133 Å². The van der Waals surface area contributed by atoms with Gasteiger partial charge in [0, 0.05) is 17.8 Å². The van der Waals surface area contributed by atoms with Crippen molar-refractivity contribution in [2.24, 2.45) is 0 Å². The Morgan fingerprint density at radius 1 is 1.22 bits per heavy atom. The van der Waals surface area contributed by atoms with E-state index in [-0.39, 0.29) is 12.6 Å². The van der Waals surface area contributed by atoms with E-state index >= 15 is 0 Å². The summed E-state index contributed by atoms with van der Waals surface area (Å²) in [5.74, 6) is -1.03. The van der Waals surface area contributed by atoms with Crippen molar-refractivity contribution in [3.8, 4) is 0 Å². The van der Waals surface area contributed by atoms with E-state index in [0.717, 1.165) is 43.1 Å². The van der Waals surface area contributed by atoms with Crippen molar-refractivity contribution in [3.05, 3.63) is 32.6 Å². The van der Waals surface area contributed by atoms with Crippen molar-refractivity contribution in [3.63, 3.8) is 0 Å². The summed E-state index contributed by atoms with van der Waals surface area (Å²) in [7, 11) is 0. The first-order valence-corrected chi connectivity index (χ1v) is 9.41. The van der Waals surface area contributed by atoms with Gasteiger partial charge in [0.25, 0.3) is 5.56 Å². The summed E-state index contributed by atoms with van der Waals surface area (Å²) < 4.78 is 1.05. The molecule has 9 nitrogen and oxygen atoms in total. The third-order valence-corrected chi connectivity index (χ3v) is 4.79. The third-order valence-electron chi connectivity index (χ3n) is 4.79. The number of aliphatic hydroxyl groups is 1. The summed E-state index contributed by atoms with van der Waals surface area (Å²) >= 11 is 0. The highest BCUT2D eigenvalue weighted by molar-refractivity contribution is 5.87. The van der Waals surface area contributed by atoms with Crippen molar-refractivity contribution < 1.29 is 14.7 Å². The van der Waals surface area contributed by atoms with Gasteiger partial charge >= 0.3 is 5.69 Å². The number of aryl methyl sites for hydroxylation is 1. The Hall–Kier alpha value is -2.42. The number of hydrogen-bond donors (Lipinski definition) is 4. The number of aromatic nitrogens is 2. The number of aromatic amines is 1. The highest BCUT2D eigenvalue weighted by atomic mass is 16.3. The van der Waals surface area contributed by atoms with E-state index in [9.17, 15) is 24.3 Å². The minimum absolute atomic E-state index is 0.0493. The number of amides is 2. The van der Waals surface area contributed by atoms with E-state index in [0.29, 0.717) is 5.56 Å². The number of aliphatic hydroxyl groups excluding tert-OH is 1. The third kappa shape index (κ3) is 6.35. The largest absolute Gasteiger partial charge is 0.394 e. The second-order valence-electron chi connectivity index (χ2n) is 7.05. The Labute approximate surface area is 157 Å². The number of rotatable bonds is 6. The number of nitrogens with one attached hydrogen (secondary N) is 3. The van der Waals surface area contributed by atoms with Crippen LogP contribution in [0.5, 0.6) is 0 Å². The molecule has 0 saturated heterocycles. The Balaban J connectivity index is 1.93. The molecule has 9 heteroatoms. The van der Waals surface area contributed by atoms with Gasteiger partial charge in [-0.1, -0.05) is 32.1 Å². The maximum absolute atomic E-state index is 12.4. The molecule has 1 atom stereocenters. The Morgan fingerprint density at radius 2 is 1.85 bits per heavy atom. The van der Waals surface area contributed by atoms with Crippen LogP contribution in [0.4, 0.5) is 0 Å². The van der Waals surface area contributed by atoms with Crippen molar-refractivity contribution in [1.29, 1.82) is 0 Å². The van der Waals surface area contributed by atoms with Gasteiger partial charge in [-0.2, -0.15) is 0 Å². The van der Waals surface area contributed by atoms with Gasteiger partial charge in [0.2, 0.25) is 11.8 Å². The van der Waals surface area contributed by atoms with Gasteiger partial charge in [0.05, 0.1) is 6.61 Å². The summed E-state index contributed by atoms with van der Waals surface area (Å²) in [6.45, 7) is 0.624. The molecule has 0 spiro atoms. The second kappa shape index (κ2) is 10.1.